The lowest BCUT2D eigenvalue weighted by molar-refractivity contribution is 0.0451. The first-order valence-electron chi connectivity index (χ1n) is 8.44. The zero-order valence-corrected chi connectivity index (χ0v) is 14.2. The first-order valence-corrected chi connectivity index (χ1v) is 8.44. The van der Waals surface area contributed by atoms with Crippen LogP contribution in [0.2, 0.25) is 0 Å². The molecular weight excluding hydrogens is 337 g/mol. The third kappa shape index (κ3) is 2.75. The van der Waals surface area contributed by atoms with Crippen molar-refractivity contribution >= 4 is 22.7 Å². The molecule has 1 aromatic carbocycles. The van der Waals surface area contributed by atoms with E-state index in [1.165, 1.54) is 18.6 Å². The Hall–Kier alpha value is -3.09. The van der Waals surface area contributed by atoms with Gasteiger partial charge in [0.25, 0.3) is 11.8 Å². The van der Waals surface area contributed by atoms with Crippen molar-refractivity contribution in [3.05, 3.63) is 59.4 Å². The largest absolute Gasteiger partial charge is 0.472 e. The fraction of sp³-hybridized carbons (Fsp3) is 0.263. The second-order valence-corrected chi connectivity index (χ2v) is 6.50. The molecule has 3 aromatic rings. The summed E-state index contributed by atoms with van der Waals surface area (Å²) in [5.74, 6) is -0.799. The molecule has 0 aliphatic carbocycles. The summed E-state index contributed by atoms with van der Waals surface area (Å²) in [7, 11) is 0. The molecule has 1 saturated heterocycles. The molecule has 4 rings (SSSR count). The molecule has 3 heterocycles. The van der Waals surface area contributed by atoms with E-state index >= 15 is 0 Å². The second-order valence-electron chi connectivity index (χ2n) is 6.50. The number of nitrogens with zero attached hydrogens (tertiary/aromatic N) is 1. The van der Waals surface area contributed by atoms with Crippen molar-refractivity contribution in [3.8, 4) is 0 Å². The van der Waals surface area contributed by atoms with Crippen LogP contribution in [0.3, 0.4) is 0 Å². The Balaban J connectivity index is 1.46. The summed E-state index contributed by atoms with van der Waals surface area (Å²) < 4.78 is 18.8. The Morgan fingerprint density at radius 2 is 2.23 bits per heavy atom. The minimum absolute atomic E-state index is 0.0734. The number of carbonyl (C=O) groups excluding carboxylic acids is 2. The summed E-state index contributed by atoms with van der Waals surface area (Å²) >= 11 is 0. The highest BCUT2D eigenvalue weighted by molar-refractivity contribution is 5.99. The van der Waals surface area contributed by atoms with Crippen molar-refractivity contribution < 1.29 is 18.4 Å². The van der Waals surface area contributed by atoms with Crippen molar-refractivity contribution in [2.75, 3.05) is 13.1 Å². The topological polar surface area (TPSA) is 78.3 Å². The Labute approximate surface area is 149 Å². The quantitative estimate of drug-likeness (QED) is 0.755. The van der Waals surface area contributed by atoms with Gasteiger partial charge in [0.05, 0.1) is 23.4 Å². The zero-order valence-electron chi connectivity index (χ0n) is 14.2. The maximum absolute atomic E-state index is 13.9. The molecule has 2 amide bonds. The maximum atomic E-state index is 13.9. The summed E-state index contributed by atoms with van der Waals surface area (Å²) in [5, 5.41) is 3.51. The number of aromatic nitrogens is 1. The lowest BCUT2D eigenvalue weighted by atomic mass is 10.0. The number of fused-ring (bicyclic) bond motifs is 1. The highest BCUT2D eigenvalue weighted by atomic mass is 19.1. The summed E-state index contributed by atoms with van der Waals surface area (Å²) in [6, 6.07) is 6.28. The Bertz CT molecular complexity index is 938. The number of hydrogen-bond acceptors (Lipinski definition) is 3. The molecular formula is C19H18FN3O3. The van der Waals surface area contributed by atoms with E-state index in [9.17, 15) is 14.0 Å². The molecule has 6 nitrogen and oxygen atoms in total. The minimum Gasteiger partial charge on any atom is -0.472 e. The Morgan fingerprint density at radius 3 is 2.88 bits per heavy atom. The van der Waals surface area contributed by atoms with Crippen LogP contribution in [0.25, 0.3) is 10.9 Å². The van der Waals surface area contributed by atoms with E-state index in [1.807, 2.05) is 6.92 Å². The molecule has 1 atom stereocenters. The highest BCUT2D eigenvalue weighted by Gasteiger charge is 2.33. The fourth-order valence-electron chi connectivity index (χ4n) is 3.22. The third-order valence-electron chi connectivity index (χ3n) is 4.88. The van der Waals surface area contributed by atoms with Gasteiger partial charge in [0.1, 0.15) is 17.8 Å². The lowest BCUT2D eigenvalue weighted by Gasteiger charge is -2.40. The van der Waals surface area contributed by atoms with Crippen molar-refractivity contribution in [1.29, 1.82) is 0 Å². The first-order chi connectivity index (χ1) is 12.5. The SMILES string of the molecule is Cc1ccc(F)c2[nH]c(C(=O)N3CCC3CNC(=O)c3ccoc3)cc12. The summed E-state index contributed by atoms with van der Waals surface area (Å²) in [6.07, 6.45) is 3.62. The predicted molar refractivity (Wildman–Crippen MR) is 93.5 cm³/mol. The molecule has 0 saturated carbocycles. The molecule has 0 spiro atoms. The standard InChI is InChI=1S/C19H18FN3O3/c1-11-2-3-15(20)17-14(11)8-16(22-17)19(25)23-6-4-13(23)9-21-18(24)12-5-7-26-10-12/h2-3,5,7-8,10,13,22H,4,6,9H2,1H3,(H,21,24). The normalized spacial score (nSPS) is 16.5. The predicted octanol–water partition coefficient (Wildman–Crippen LogP) is 2.85. The number of rotatable bonds is 4. The van der Waals surface area contributed by atoms with Crippen LogP contribution in [0.4, 0.5) is 4.39 Å². The van der Waals surface area contributed by atoms with Gasteiger partial charge in [-0.3, -0.25) is 9.59 Å². The summed E-state index contributed by atoms with van der Waals surface area (Å²) in [4.78, 5) is 29.3. The average Bonchev–Trinajstić information content (AvgIpc) is 3.27. The lowest BCUT2D eigenvalue weighted by Crippen LogP contribution is -2.56. The Kier molecular flexibility index (Phi) is 3.99. The number of hydrogen-bond donors (Lipinski definition) is 2. The maximum Gasteiger partial charge on any atom is 0.270 e. The Morgan fingerprint density at radius 1 is 1.38 bits per heavy atom. The van der Waals surface area contributed by atoms with E-state index < -0.39 is 0 Å². The van der Waals surface area contributed by atoms with Crippen molar-refractivity contribution in [3.63, 3.8) is 0 Å². The van der Waals surface area contributed by atoms with E-state index in [0.29, 0.717) is 35.2 Å². The van der Waals surface area contributed by atoms with Gasteiger partial charge in [0, 0.05) is 18.5 Å². The van der Waals surface area contributed by atoms with Crippen LogP contribution in [-0.2, 0) is 0 Å². The van der Waals surface area contributed by atoms with E-state index in [4.69, 9.17) is 4.42 Å². The van der Waals surface area contributed by atoms with Crippen LogP contribution in [0.5, 0.6) is 0 Å². The van der Waals surface area contributed by atoms with Gasteiger partial charge in [-0.15, -0.1) is 0 Å². The van der Waals surface area contributed by atoms with Crippen LogP contribution in [0, 0.1) is 12.7 Å². The molecule has 1 fully saturated rings. The van der Waals surface area contributed by atoms with E-state index in [2.05, 4.69) is 10.3 Å². The molecule has 1 unspecified atom stereocenters. The van der Waals surface area contributed by atoms with E-state index in [0.717, 1.165) is 12.0 Å². The number of furan rings is 1. The number of carbonyl (C=O) groups is 2. The monoisotopic (exact) mass is 355 g/mol. The van der Waals surface area contributed by atoms with Gasteiger partial charge in [-0.25, -0.2) is 4.39 Å². The molecule has 2 N–H and O–H groups in total. The molecule has 2 aromatic heterocycles. The van der Waals surface area contributed by atoms with Crippen LogP contribution in [-0.4, -0.2) is 40.8 Å². The average molecular weight is 355 g/mol. The number of benzene rings is 1. The highest BCUT2D eigenvalue weighted by Crippen LogP contribution is 2.25. The van der Waals surface area contributed by atoms with E-state index in [-0.39, 0.29) is 23.7 Å². The molecule has 26 heavy (non-hydrogen) atoms. The van der Waals surface area contributed by atoms with Crippen molar-refractivity contribution in [2.45, 2.75) is 19.4 Å². The number of H-pyrrole nitrogens is 1. The molecule has 0 bridgehead atoms. The zero-order chi connectivity index (χ0) is 18.3. The van der Waals surface area contributed by atoms with Gasteiger partial charge >= 0.3 is 0 Å². The first kappa shape index (κ1) is 16.4. The van der Waals surface area contributed by atoms with Gasteiger partial charge in [0.2, 0.25) is 0 Å². The molecule has 134 valence electrons. The van der Waals surface area contributed by atoms with Gasteiger partial charge < -0.3 is 19.6 Å². The van der Waals surface area contributed by atoms with Crippen molar-refractivity contribution in [2.24, 2.45) is 0 Å². The van der Waals surface area contributed by atoms with Crippen LogP contribution in [0.15, 0.2) is 41.2 Å². The fourth-order valence-corrected chi connectivity index (χ4v) is 3.22. The number of amides is 2. The van der Waals surface area contributed by atoms with Crippen LogP contribution < -0.4 is 5.32 Å². The number of halogens is 1. The van der Waals surface area contributed by atoms with Crippen LogP contribution >= 0.6 is 0 Å². The molecule has 0 radical (unpaired) electrons. The molecule has 1 aliphatic heterocycles. The molecule has 7 heteroatoms. The van der Waals surface area contributed by atoms with Gasteiger partial charge in [0.15, 0.2) is 0 Å². The summed E-state index contributed by atoms with van der Waals surface area (Å²) in [6.45, 7) is 2.85. The van der Waals surface area contributed by atoms with E-state index in [1.54, 1.807) is 23.1 Å². The number of nitrogens with one attached hydrogen (secondary N) is 2. The molecule has 1 aliphatic rings. The number of aromatic amines is 1. The number of aryl methyl sites for hydroxylation is 1. The minimum atomic E-state index is -0.378. The number of likely N-dealkylation sites (tertiary alicyclic amines) is 1. The third-order valence-corrected chi connectivity index (χ3v) is 4.88. The van der Waals surface area contributed by atoms with Crippen LogP contribution in [0.1, 0.15) is 32.8 Å². The van der Waals surface area contributed by atoms with Gasteiger partial charge in [-0.2, -0.15) is 0 Å². The van der Waals surface area contributed by atoms with Gasteiger partial charge in [-0.05, 0) is 37.1 Å². The summed E-state index contributed by atoms with van der Waals surface area (Å²) in [5.41, 5.74) is 2.06. The second kappa shape index (κ2) is 6.33. The smallest absolute Gasteiger partial charge is 0.270 e. The van der Waals surface area contributed by atoms with Crippen molar-refractivity contribution in [1.82, 2.24) is 15.2 Å². The van der Waals surface area contributed by atoms with Gasteiger partial charge in [-0.1, -0.05) is 6.07 Å².